The minimum absolute atomic E-state index is 0.0588. The number of nitrogens with zero attached hydrogens (tertiary/aromatic N) is 1. The van der Waals surface area contributed by atoms with E-state index in [0.29, 0.717) is 24.2 Å². The smallest absolute Gasteiger partial charge is 0.288 e. The Kier molecular flexibility index (Phi) is 8.46. The van der Waals surface area contributed by atoms with Gasteiger partial charge < -0.3 is 19.5 Å². The SMILES string of the molecule is O=C(C1=C[C@H](C2CCCC2)C[C@H](OCCCCO)O1)N1CCCCCCC1. The van der Waals surface area contributed by atoms with Gasteiger partial charge in [-0.15, -0.1) is 0 Å². The number of likely N-dealkylation sites (tertiary alicyclic amines) is 1. The molecule has 0 unspecified atom stereocenters. The first kappa shape index (κ1) is 20.7. The fraction of sp³-hybridized carbons (Fsp3) is 0.864. The van der Waals surface area contributed by atoms with E-state index in [0.717, 1.165) is 45.2 Å². The van der Waals surface area contributed by atoms with E-state index in [1.54, 1.807) is 0 Å². The van der Waals surface area contributed by atoms with Crippen molar-refractivity contribution in [1.82, 2.24) is 4.90 Å². The van der Waals surface area contributed by atoms with Crippen molar-refractivity contribution in [1.29, 1.82) is 0 Å². The summed E-state index contributed by atoms with van der Waals surface area (Å²) >= 11 is 0. The molecule has 1 saturated heterocycles. The molecule has 2 fully saturated rings. The van der Waals surface area contributed by atoms with E-state index < -0.39 is 0 Å². The van der Waals surface area contributed by atoms with Gasteiger partial charge in [-0.2, -0.15) is 0 Å². The highest BCUT2D eigenvalue weighted by Crippen LogP contribution is 2.38. The maximum atomic E-state index is 13.1. The van der Waals surface area contributed by atoms with Crippen LogP contribution >= 0.6 is 0 Å². The molecule has 5 heteroatoms. The highest BCUT2D eigenvalue weighted by molar-refractivity contribution is 5.91. The first-order valence-electron chi connectivity index (χ1n) is 11.2. The van der Waals surface area contributed by atoms with Crippen molar-refractivity contribution in [2.45, 2.75) is 83.3 Å². The Morgan fingerprint density at radius 2 is 1.78 bits per heavy atom. The van der Waals surface area contributed by atoms with E-state index in [9.17, 15) is 4.79 Å². The number of carbonyl (C=O) groups excluding carboxylic acids is 1. The van der Waals surface area contributed by atoms with E-state index in [1.165, 1.54) is 44.9 Å². The van der Waals surface area contributed by atoms with E-state index in [2.05, 4.69) is 6.08 Å². The third-order valence-corrected chi connectivity index (χ3v) is 6.30. The number of unbranched alkanes of at least 4 members (excludes halogenated alkanes) is 1. The molecule has 154 valence electrons. The molecule has 0 aromatic heterocycles. The molecule has 2 heterocycles. The van der Waals surface area contributed by atoms with Crippen LogP contribution in [0.15, 0.2) is 11.8 Å². The number of rotatable bonds is 7. The summed E-state index contributed by atoms with van der Waals surface area (Å²) in [5.74, 6) is 1.62. The first-order chi connectivity index (χ1) is 13.3. The van der Waals surface area contributed by atoms with Crippen LogP contribution in [0.4, 0.5) is 0 Å². The van der Waals surface area contributed by atoms with Crippen LogP contribution in [0.5, 0.6) is 0 Å². The zero-order valence-electron chi connectivity index (χ0n) is 16.7. The Bertz CT molecular complexity index is 479. The van der Waals surface area contributed by atoms with Crippen LogP contribution in [0.3, 0.4) is 0 Å². The number of allylic oxidation sites excluding steroid dienone is 1. The second kappa shape index (κ2) is 11.1. The van der Waals surface area contributed by atoms with Crippen LogP contribution in [0.2, 0.25) is 0 Å². The molecule has 0 bridgehead atoms. The minimum Gasteiger partial charge on any atom is -0.459 e. The lowest BCUT2D eigenvalue weighted by molar-refractivity contribution is -0.157. The van der Waals surface area contributed by atoms with Crippen molar-refractivity contribution >= 4 is 5.91 Å². The molecule has 5 nitrogen and oxygen atoms in total. The van der Waals surface area contributed by atoms with Gasteiger partial charge in [0.15, 0.2) is 5.76 Å². The Morgan fingerprint density at radius 3 is 2.48 bits per heavy atom. The average molecular weight is 380 g/mol. The van der Waals surface area contributed by atoms with Crippen molar-refractivity contribution < 1.29 is 19.4 Å². The summed E-state index contributed by atoms with van der Waals surface area (Å²) in [6, 6.07) is 0. The zero-order chi connectivity index (χ0) is 18.9. The molecule has 0 aromatic carbocycles. The van der Waals surface area contributed by atoms with Crippen LogP contribution in [0.1, 0.15) is 77.0 Å². The fourth-order valence-corrected chi connectivity index (χ4v) is 4.69. The maximum Gasteiger partial charge on any atom is 0.288 e. The summed E-state index contributed by atoms with van der Waals surface area (Å²) in [7, 11) is 0. The van der Waals surface area contributed by atoms with E-state index >= 15 is 0 Å². The van der Waals surface area contributed by atoms with Gasteiger partial charge in [-0.3, -0.25) is 4.79 Å². The van der Waals surface area contributed by atoms with Crippen LogP contribution in [0, 0.1) is 11.8 Å². The lowest BCUT2D eigenvalue weighted by atomic mass is 9.86. The maximum absolute atomic E-state index is 13.1. The average Bonchev–Trinajstić information content (AvgIpc) is 3.19. The molecule has 3 aliphatic rings. The molecule has 0 radical (unpaired) electrons. The topological polar surface area (TPSA) is 59.0 Å². The summed E-state index contributed by atoms with van der Waals surface area (Å²) in [5.41, 5.74) is 0. The van der Waals surface area contributed by atoms with Gasteiger partial charge in [0.25, 0.3) is 5.91 Å². The summed E-state index contributed by atoms with van der Waals surface area (Å²) in [6.07, 6.45) is 15.2. The molecule has 1 amide bonds. The van der Waals surface area contributed by atoms with Gasteiger partial charge in [0, 0.05) is 26.1 Å². The highest BCUT2D eigenvalue weighted by atomic mass is 16.7. The Hall–Kier alpha value is -1.07. The number of hydrogen-bond donors (Lipinski definition) is 1. The summed E-state index contributed by atoms with van der Waals surface area (Å²) < 4.78 is 12.0. The Labute approximate surface area is 164 Å². The quantitative estimate of drug-likeness (QED) is 0.679. The van der Waals surface area contributed by atoms with Crippen molar-refractivity contribution in [2.24, 2.45) is 11.8 Å². The molecule has 0 aromatic rings. The number of hydrogen-bond acceptors (Lipinski definition) is 4. The molecule has 27 heavy (non-hydrogen) atoms. The highest BCUT2D eigenvalue weighted by Gasteiger charge is 2.34. The normalized spacial score (nSPS) is 27.6. The van der Waals surface area contributed by atoms with Gasteiger partial charge in [0.2, 0.25) is 6.29 Å². The summed E-state index contributed by atoms with van der Waals surface area (Å²) in [5, 5.41) is 8.94. The summed E-state index contributed by atoms with van der Waals surface area (Å²) in [6.45, 7) is 2.46. The van der Waals surface area contributed by atoms with Gasteiger partial charge in [-0.1, -0.05) is 32.1 Å². The second-order valence-corrected chi connectivity index (χ2v) is 8.38. The van der Waals surface area contributed by atoms with Gasteiger partial charge in [0.05, 0.1) is 6.61 Å². The predicted octanol–water partition coefficient (Wildman–Crippen LogP) is 4.00. The van der Waals surface area contributed by atoms with Crippen LogP contribution < -0.4 is 0 Å². The molecule has 1 aliphatic carbocycles. The van der Waals surface area contributed by atoms with Gasteiger partial charge in [-0.25, -0.2) is 0 Å². The fourth-order valence-electron chi connectivity index (χ4n) is 4.69. The molecule has 1 N–H and O–H groups in total. The lowest BCUT2D eigenvalue weighted by Gasteiger charge is -2.34. The minimum atomic E-state index is -0.326. The molecular weight excluding hydrogens is 342 g/mol. The monoisotopic (exact) mass is 379 g/mol. The number of carbonyl (C=O) groups is 1. The molecule has 1 saturated carbocycles. The molecular formula is C22H37NO4. The van der Waals surface area contributed by atoms with Gasteiger partial charge >= 0.3 is 0 Å². The standard InChI is InChI=1S/C22H37NO4/c24-14-8-9-15-26-21-17-19(18-10-4-5-11-18)16-20(27-21)22(25)23-12-6-2-1-3-7-13-23/h16,18-19,21,24H,1-15,17H2/t19-,21+/m0/s1. The van der Waals surface area contributed by atoms with Crippen LogP contribution in [-0.4, -0.2) is 48.5 Å². The molecule has 3 rings (SSSR count). The van der Waals surface area contributed by atoms with Crippen molar-refractivity contribution in [2.75, 3.05) is 26.3 Å². The lowest BCUT2D eigenvalue weighted by Crippen LogP contribution is -2.39. The van der Waals surface area contributed by atoms with Crippen LogP contribution in [0.25, 0.3) is 0 Å². The molecule has 2 aliphatic heterocycles. The number of aliphatic hydroxyl groups is 1. The van der Waals surface area contributed by atoms with Crippen molar-refractivity contribution in [3.8, 4) is 0 Å². The van der Waals surface area contributed by atoms with Crippen LogP contribution in [-0.2, 0) is 14.3 Å². The van der Waals surface area contributed by atoms with Crippen molar-refractivity contribution in [3.63, 3.8) is 0 Å². The summed E-state index contributed by atoms with van der Waals surface area (Å²) in [4.78, 5) is 15.1. The third-order valence-electron chi connectivity index (χ3n) is 6.30. The number of amides is 1. The van der Waals surface area contributed by atoms with Crippen molar-refractivity contribution in [3.05, 3.63) is 11.8 Å². The van der Waals surface area contributed by atoms with Gasteiger partial charge in [0.1, 0.15) is 0 Å². The third kappa shape index (κ3) is 6.21. The van der Waals surface area contributed by atoms with E-state index in [4.69, 9.17) is 14.6 Å². The molecule has 2 atom stereocenters. The largest absolute Gasteiger partial charge is 0.459 e. The molecule has 0 spiro atoms. The Morgan fingerprint density at radius 1 is 1.07 bits per heavy atom. The number of ether oxygens (including phenoxy) is 2. The zero-order valence-corrected chi connectivity index (χ0v) is 16.7. The van der Waals surface area contributed by atoms with Gasteiger partial charge in [-0.05, 0) is 56.4 Å². The first-order valence-corrected chi connectivity index (χ1v) is 11.2. The predicted molar refractivity (Wildman–Crippen MR) is 105 cm³/mol. The van der Waals surface area contributed by atoms with E-state index in [1.807, 2.05) is 4.90 Å². The Balaban J connectivity index is 1.64. The number of aliphatic hydroxyl groups excluding tert-OH is 1. The second-order valence-electron chi connectivity index (χ2n) is 8.38. The van der Waals surface area contributed by atoms with E-state index in [-0.39, 0.29) is 18.8 Å².